The lowest BCUT2D eigenvalue weighted by molar-refractivity contribution is 0.303. The molecule has 0 spiro atoms. The first-order chi connectivity index (χ1) is 9.95. The molecule has 0 radical (unpaired) electrons. The molecular formula is C16H16BrF2NO. The molecule has 21 heavy (non-hydrogen) atoms. The van der Waals surface area contributed by atoms with E-state index in [4.69, 9.17) is 10.5 Å². The molecule has 1 unspecified atom stereocenters. The molecule has 0 saturated heterocycles. The van der Waals surface area contributed by atoms with E-state index in [1.807, 2.05) is 25.1 Å². The maximum Gasteiger partial charge on any atom is 0.159 e. The topological polar surface area (TPSA) is 35.2 Å². The van der Waals surface area contributed by atoms with Gasteiger partial charge in [0.05, 0.1) is 4.47 Å². The minimum atomic E-state index is -0.873. The zero-order valence-electron chi connectivity index (χ0n) is 11.6. The summed E-state index contributed by atoms with van der Waals surface area (Å²) in [4.78, 5) is 0. The molecule has 2 aromatic rings. The molecule has 2 aromatic carbocycles. The second-order valence-corrected chi connectivity index (χ2v) is 5.84. The number of hydrogen-bond donors (Lipinski definition) is 1. The molecule has 0 amide bonds. The first kappa shape index (κ1) is 15.9. The van der Waals surface area contributed by atoms with Gasteiger partial charge in [0.25, 0.3) is 0 Å². The van der Waals surface area contributed by atoms with Crippen LogP contribution >= 0.6 is 15.9 Å². The largest absolute Gasteiger partial charge is 0.488 e. The molecule has 0 aliphatic heterocycles. The summed E-state index contributed by atoms with van der Waals surface area (Å²) in [5.74, 6) is -1.09. The van der Waals surface area contributed by atoms with Crippen LogP contribution in [0.5, 0.6) is 5.75 Å². The van der Waals surface area contributed by atoms with Crippen LogP contribution in [-0.2, 0) is 13.0 Å². The van der Waals surface area contributed by atoms with Crippen molar-refractivity contribution in [2.24, 2.45) is 5.73 Å². The van der Waals surface area contributed by atoms with E-state index in [9.17, 15) is 8.78 Å². The zero-order chi connectivity index (χ0) is 15.4. The summed E-state index contributed by atoms with van der Waals surface area (Å²) in [5.41, 5.74) is 7.44. The fraction of sp³-hybridized carbons (Fsp3) is 0.250. The number of halogens is 3. The molecule has 0 aromatic heterocycles. The molecule has 0 aliphatic carbocycles. The number of nitrogens with two attached hydrogens (primary N) is 1. The first-order valence-corrected chi connectivity index (χ1v) is 7.35. The van der Waals surface area contributed by atoms with Crippen molar-refractivity contribution >= 4 is 15.9 Å². The van der Waals surface area contributed by atoms with Crippen LogP contribution in [0.15, 0.2) is 40.9 Å². The van der Waals surface area contributed by atoms with E-state index >= 15 is 0 Å². The monoisotopic (exact) mass is 355 g/mol. The maximum atomic E-state index is 13.1. The van der Waals surface area contributed by atoms with Crippen molar-refractivity contribution in [1.29, 1.82) is 0 Å². The third-order valence-corrected chi connectivity index (χ3v) is 3.55. The number of benzene rings is 2. The predicted octanol–water partition coefficient (Wildman–Crippen LogP) is 4.20. The van der Waals surface area contributed by atoms with Crippen molar-refractivity contribution in [2.75, 3.05) is 0 Å². The van der Waals surface area contributed by atoms with E-state index in [-0.39, 0.29) is 12.6 Å². The summed E-state index contributed by atoms with van der Waals surface area (Å²) < 4.78 is 32.4. The Bertz CT molecular complexity index is 632. The van der Waals surface area contributed by atoms with Gasteiger partial charge in [0.1, 0.15) is 12.4 Å². The third-order valence-electron chi connectivity index (χ3n) is 2.93. The highest BCUT2D eigenvalue weighted by Crippen LogP contribution is 2.27. The average Bonchev–Trinajstić information content (AvgIpc) is 2.41. The molecule has 1 atom stereocenters. The van der Waals surface area contributed by atoms with Gasteiger partial charge >= 0.3 is 0 Å². The van der Waals surface area contributed by atoms with Gasteiger partial charge in [-0.1, -0.05) is 12.1 Å². The Hall–Kier alpha value is -1.46. The maximum absolute atomic E-state index is 13.1. The normalized spacial score (nSPS) is 12.2. The highest BCUT2D eigenvalue weighted by atomic mass is 79.9. The Labute approximate surface area is 131 Å². The van der Waals surface area contributed by atoms with E-state index in [2.05, 4.69) is 15.9 Å². The van der Waals surface area contributed by atoms with Gasteiger partial charge in [-0.3, -0.25) is 0 Å². The van der Waals surface area contributed by atoms with Crippen LogP contribution in [-0.4, -0.2) is 6.04 Å². The molecule has 0 fully saturated rings. The number of hydrogen-bond acceptors (Lipinski definition) is 2. The SMILES string of the molecule is CC(N)Cc1ccc(OCc2ccc(F)c(F)c2)c(Br)c1. The van der Waals surface area contributed by atoms with Crippen molar-refractivity contribution < 1.29 is 13.5 Å². The van der Waals surface area contributed by atoms with Crippen molar-refractivity contribution in [3.63, 3.8) is 0 Å². The lowest BCUT2D eigenvalue weighted by Gasteiger charge is -2.11. The van der Waals surface area contributed by atoms with E-state index < -0.39 is 11.6 Å². The van der Waals surface area contributed by atoms with Crippen LogP contribution in [0.1, 0.15) is 18.1 Å². The molecule has 112 valence electrons. The summed E-state index contributed by atoms with van der Waals surface area (Å²) in [6.45, 7) is 2.11. The molecular weight excluding hydrogens is 340 g/mol. The van der Waals surface area contributed by atoms with Gasteiger partial charge < -0.3 is 10.5 Å². The lowest BCUT2D eigenvalue weighted by Crippen LogP contribution is -2.17. The van der Waals surface area contributed by atoms with Crippen LogP contribution in [0.3, 0.4) is 0 Å². The highest BCUT2D eigenvalue weighted by Gasteiger charge is 2.07. The Morgan fingerprint density at radius 3 is 2.43 bits per heavy atom. The summed E-state index contributed by atoms with van der Waals surface area (Å²) >= 11 is 3.44. The number of rotatable bonds is 5. The molecule has 2 rings (SSSR count). The van der Waals surface area contributed by atoms with Crippen molar-refractivity contribution in [2.45, 2.75) is 26.0 Å². The molecule has 0 bridgehead atoms. The molecule has 5 heteroatoms. The minimum absolute atomic E-state index is 0.0888. The fourth-order valence-corrected chi connectivity index (χ4v) is 2.49. The predicted molar refractivity (Wildman–Crippen MR) is 82.2 cm³/mol. The van der Waals surface area contributed by atoms with Crippen LogP contribution in [0.25, 0.3) is 0 Å². The lowest BCUT2D eigenvalue weighted by atomic mass is 10.1. The van der Waals surface area contributed by atoms with Crippen LogP contribution in [0.4, 0.5) is 8.78 Å². The Balaban J connectivity index is 2.04. The Kier molecular flexibility index (Phi) is 5.31. The molecule has 0 saturated carbocycles. The molecule has 0 heterocycles. The Morgan fingerprint density at radius 2 is 1.81 bits per heavy atom. The molecule has 2 N–H and O–H groups in total. The standard InChI is InChI=1S/C16H16BrF2NO/c1-10(20)6-11-3-5-16(13(17)7-11)21-9-12-2-4-14(18)15(19)8-12/h2-5,7-8,10H,6,9,20H2,1H3. The van der Waals surface area contributed by atoms with Gasteiger partial charge in [-0.15, -0.1) is 0 Å². The Morgan fingerprint density at radius 1 is 1.10 bits per heavy atom. The third kappa shape index (κ3) is 4.51. The van der Waals surface area contributed by atoms with Crippen LogP contribution in [0, 0.1) is 11.6 Å². The second-order valence-electron chi connectivity index (χ2n) is 4.98. The second kappa shape index (κ2) is 7.00. The summed E-state index contributed by atoms with van der Waals surface area (Å²) in [7, 11) is 0. The van der Waals surface area contributed by atoms with Gasteiger partial charge in [-0.05, 0) is 64.7 Å². The first-order valence-electron chi connectivity index (χ1n) is 6.56. The van der Waals surface area contributed by atoms with Crippen molar-refractivity contribution in [3.05, 3.63) is 63.6 Å². The number of ether oxygens (including phenoxy) is 1. The van der Waals surface area contributed by atoms with Gasteiger partial charge in [0.2, 0.25) is 0 Å². The van der Waals surface area contributed by atoms with Crippen molar-refractivity contribution in [3.8, 4) is 5.75 Å². The summed E-state index contributed by atoms with van der Waals surface area (Å²) in [6.07, 6.45) is 0.780. The van der Waals surface area contributed by atoms with E-state index in [1.165, 1.54) is 6.07 Å². The zero-order valence-corrected chi connectivity index (χ0v) is 13.2. The van der Waals surface area contributed by atoms with Gasteiger partial charge in [-0.2, -0.15) is 0 Å². The highest BCUT2D eigenvalue weighted by molar-refractivity contribution is 9.10. The smallest absolute Gasteiger partial charge is 0.159 e. The quantitative estimate of drug-likeness (QED) is 0.872. The average molecular weight is 356 g/mol. The summed E-state index contributed by atoms with van der Waals surface area (Å²) in [5, 5.41) is 0. The van der Waals surface area contributed by atoms with E-state index in [0.29, 0.717) is 11.3 Å². The van der Waals surface area contributed by atoms with Crippen LogP contribution in [0.2, 0.25) is 0 Å². The van der Waals surface area contributed by atoms with E-state index in [0.717, 1.165) is 28.6 Å². The summed E-state index contributed by atoms with van der Waals surface area (Å²) in [6, 6.07) is 9.53. The minimum Gasteiger partial charge on any atom is -0.488 e. The van der Waals surface area contributed by atoms with E-state index in [1.54, 1.807) is 0 Å². The molecule has 2 nitrogen and oxygen atoms in total. The fourth-order valence-electron chi connectivity index (χ4n) is 1.95. The van der Waals surface area contributed by atoms with Gasteiger partial charge in [0, 0.05) is 6.04 Å². The van der Waals surface area contributed by atoms with Gasteiger partial charge in [0.15, 0.2) is 11.6 Å². The van der Waals surface area contributed by atoms with Crippen molar-refractivity contribution in [1.82, 2.24) is 0 Å². The van der Waals surface area contributed by atoms with Crippen LogP contribution < -0.4 is 10.5 Å². The van der Waals surface area contributed by atoms with Gasteiger partial charge in [-0.25, -0.2) is 8.78 Å². The molecule has 0 aliphatic rings.